The molecule has 0 aliphatic rings. The maximum absolute atomic E-state index is 12.1. The van der Waals surface area contributed by atoms with Crippen LogP contribution in [-0.2, 0) is 11.2 Å². The zero-order valence-electron chi connectivity index (χ0n) is 13.2. The quantitative estimate of drug-likeness (QED) is 0.729. The van der Waals surface area contributed by atoms with Gasteiger partial charge in [-0.3, -0.25) is 20.4 Å². The Morgan fingerprint density at radius 1 is 0.917 bits per heavy atom. The Bertz CT molecular complexity index is 906. The minimum absolute atomic E-state index is 0.206. The maximum Gasteiger partial charge on any atom is 0.288 e. The third kappa shape index (κ3) is 3.57. The number of rotatable bonds is 3. The zero-order valence-corrected chi connectivity index (χ0v) is 13.2. The fourth-order valence-corrected chi connectivity index (χ4v) is 2.41. The van der Waals surface area contributed by atoms with E-state index < -0.39 is 5.91 Å². The Labute approximate surface area is 139 Å². The highest BCUT2D eigenvalue weighted by atomic mass is 16.2. The third-order valence-electron chi connectivity index (χ3n) is 3.76. The van der Waals surface area contributed by atoms with Crippen LogP contribution in [0, 0.1) is 6.92 Å². The van der Waals surface area contributed by atoms with E-state index in [-0.39, 0.29) is 18.0 Å². The van der Waals surface area contributed by atoms with E-state index in [1.165, 1.54) is 0 Å². The van der Waals surface area contributed by atoms with E-state index in [0.29, 0.717) is 0 Å². The number of hydrogen-bond donors (Lipinski definition) is 2. The number of para-hydroxylation sites is 1. The standard InChI is InChI=1S/C19H17N3O2/c1-13-6-2-3-8-15(13)12-18(23)21-22-19(24)17-11-10-14-7-4-5-9-16(14)20-17/h2-11H,12H2,1H3,(H,21,23)(H,22,24). The molecule has 1 heterocycles. The minimum Gasteiger partial charge on any atom is -0.273 e. The summed E-state index contributed by atoms with van der Waals surface area (Å²) in [5, 5.41) is 0.956. The number of aryl methyl sites for hydroxylation is 1. The lowest BCUT2D eigenvalue weighted by Gasteiger charge is -2.09. The number of hydrazine groups is 1. The van der Waals surface area contributed by atoms with Gasteiger partial charge in [0, 0.05) is 5.39 Å². The second kappa shape index (κ2) is 6.91. The monoisotopic (exact) mass is 319 g/mol. The van der Waals surface area contributed by atoms with Crippen LogP contribution >= 0.6 is 0 Å². The molecule has 0 saturated carbocycles. The van der Waals surface area contributed by atoms with Crippen molar-refractivity contribution in [2.75, 3.05) is 0 Å². The Morgan fingerprint density at radius 3 is 2.50 bits per heavy atom. The first kappa shape index (κ1) is 15.7. The van der Waals surface area contributed by atoms with Gasteiger partial charge in [-0.25, -0.2) is 4.98 Å². The molecule has 0 unspecified atom stereocenters. The molecule has 3 aromatic rings. The van der Waals surface area contributed by atoms with Crippen molar-refractivity contribution < 1.29 is 9.59 Å². The third-order valence-corrected chi connectivity index (χ3v) is 3.76. The maximum atomic E-state index is 12.1. The first-order chi connectivity index (χ1) is 11.6. The van der Waals surface area contributed by atoms with Gasteiger partial charge in [0.1, 0.15) is 5.69 Å². The number of aromatic nitrogens is 1. The van der Waals surface area contributed by atoms with Crippen molar-refractivity contribution in [3.05, 3.63) is 77.5 Å². The summed E-state index contributed by atoms with van der Waals surface area (Å²) in [6.07, 6.45) is 0.206. The number of nitrogens with one attached hydrogen (secondary N) is 2. The van der Waals surface area contributed by atoms with Crippen LogP contribution < -0.4 is 10.9 Å². The molecule has 0 aliphatic heterocycles. The Balaban J connectivity index is 1.62. The first-order valence-electron chi connectivity index (χ1n) is 7.63. The fourth-order valence-electron chi connectivity index (χ4n) is 2.41. The predicted octanol–water partition coefficient (Wildman–Crippen LogP) is 2.55. The van der Waals surface area contributed by atoms with Crippen molar-refractivity contribution >= 4 is 22.7 Å². The molecule has 5 nitrogen and oxygen atoms in total. The summed E-state index contributed by atoms with van der Waals surface area (Å²) in [6.45, 7) is 1.94. The lowest BCUT2D eigenvalue weighted by atomic mass is 10.1. The Morgan fingerprint density at radius 2 is 1.67 bits per heavy atom. The summed E-state index contributed by atoms with van der Waals surface area (Å²) in [7, 11) is 0. The molecule has 0 radical (unpaired) electrons. The smallest absolute Gasteiger partial charge is 0.273 e. The Kier molecular flexibility index (Phi) is 4.52. The lowest BCUT2D eigenvalue weighted by Crippen LogP contribution is -2.42. The molecule has 0 atom stereocenters. The number of fused-ring (bicyclic) bond motifs is 1. The van der Waals surface area contributed by atoms with Gasteiger partial charge < -0.3 is 0 Å². The van der Waals surface area contributed by atoms with Crippen LogP contribution in [0.15, 0.2) is 60.7 Å². The average molecular weight is 319 g/mol. The van der Waals surface area contributed by atoms with Gasteiger partial charge in [0.05, 0.1) is 11.9 Å². The van der Waals surface area contributed by atoms with E-state index in [2.05, 4.69) is 15.8 Å². The molecular formula is C19H17N3O2. The van der Waals surface area contributed by atoms with Crippen molar-refractivity contribution in [2.45, 2.75) is 13.3 Å². The van der Waals surface area contributed by atoms with E-state index in [0.717, 1.165) is 22.0 Å². The number of hydrogen-bond acceptors (Lipinski definition) is 3. The van der Waals surface area contributed by atoms with E-state index in [4.69, 9.17) is 0 Å². The molecule has 0 spiro atoms. The summed E-state index contributed by atoms with van der Waals surface area (Å²) < 4.78 is 0. The highest BCUT2D eigenvalue weighted by Gasteiger charge is 2.10. The van der Waals surface area contributed by atoms with Crippen LogP contribution in [-0.4, -0.2) is 16.8 Å². The van der Waals surface area contributed by atoms with Gasteiger partial charge in [-0.15, -0.1) is 0 Å². The molecule has 2 aromatic carbocycles. The summed E-state index contributed by atoms with van der Waals surface area (Å²) in [5.74, 6) is -0.725. The molecule has 120 valence electrons. The second-order valence-electron chi connectivity index (χ2n) is 5.49. The molecule has 0 fully saturated rings. The summed E-state index contributed by atoms with van der Waals surface area (Å²) in [4.78, 5) is 28.4. The van der Waals surface area contributed by atoms with Crippen LogP contribution in [0.2, 0.25) is 0 Å². The van der Waals surface area contributed by atoms with Crippen LogP contribution in [0.3, 0.4) is 0 Å². The summed E-state index contributed by atoms with van der Waals surface area (Å²) in [6, 6.07) is 18.6. The SMILES string of the molecule is Cc1ccccc1CC(=O)NNC(=O)c1ccc2ccccc2n1. The topological polar surface area (TPSA) is 71.1 Å². The van der Waals surface area contributed by atoms with Crippen LogP contribution in [0.1, 0.15) is 21.6 Å². The molecule has 0 saturated heterocycles. The van der Waals surface area contributed by atoms with Crippen LogP contribution in [0.5, 0.6) is 0 Å². The van der Waals surface area contributed by atoms with Crippen molar-refractivity contribution in [1.29, 1.82) is 0 Å². The molecule has 1 aromatic heterocycles. The molecule has 0 aliphatic carbocycles. The van der Waals surface area contributed by atoms with Gasteiger partial charge in [-0.2, -0.15) is 0 Å². The number of nitrogens with zero attached hydrogens (tertiary/aromatic N) is 1. The largest absolute Gasteiger partial charge is 0.288 e. The molecule has 0 bridgehead atoms. The summed E-state index contributed by atoms with van der Waals surface area (Å²) >= 11 is 0. The summed E-state index contributed by atoms with van der Waals surface area (Å²) in [5.41, 5.74) is 7.78. The molecule has 2 amide bonds. The van der Waals surface area contributed by atoms with Crippen LogP contribution in [0.4, 0.5) is 0 Å². The van der Waals surface area contributed by atoms with Gasteiger partial charge in [-0.05, 0) is 30.2 Å². The van der Waals surface area contributed by atoms with Crippen molar-refractivity contribution in [2.24, 2.45) is 0 Å². The zero-order chi connectivity index (χ0) is 16.9. The molecule has 24 heavy (non-hydrogen) atoms. The highest BCUT2D eigenvalue weighted by Crippen LogP contribution is 2.11. The van der Waals surface area contributed by atoms with E-state index in [1.807, 2.05) is 61.5 Å². The number of carbonyl (C=O) groups is 2. The fraction of sp³-hybridized carbons (Fsp3) is 0.105. The molecule has 5 heteroatoms. The molecule has 3 rings (SSSR count). The lowest BCUT2D eigenvalue weighted by molar-refractivity contribution is -0.121. The van der Waals surface area contributed by atoms with Crippen LogP contribution in [0.25, 0.3) is 10.9 Å². The molecule has 2 N–H and O–H groups in total. The van der Waals surface area contributed by atoms with E-state index in [9.17, 15) is 9.59 Å². The highest BCUT2D eigenvalue weighted by molar-refractivity contribution is 5.96. The number of benzene rings is 2. The van der Waals surface area contributed by atoms with Crippen molar-refractivity contribution in [1.82, 2.24) is 15.8 Å². The van der Waals surface area contributed by atoms with Gasteiger partial charge in [0.2, 0.25) is 5.91 Å². The van der Waals surface area contributed by atoms with Gasteiger partial charge >= 0.3 is 0 Å². The van der Waals surface area contributed by atoms with Crippen molar-refractivity contribution in [3.8, 4) is 0 Å². The predicted molar refractivity (Wildman–Crippen MR) is 92.2 cm³/mol. The number of pyridine rings is 1. The van der Waals surface area contributed by atoms with Gasteiger partial charge in [0.15, 0.2) is 0 Å². The normalized spacial score (nSPS) is 10.4. The number of carbonyl (C=O) groups excluding carboxylic acids is 2. The van der Waals surface area contributed by atoms with E-state index in [1.54, 1.807) is 6.07 Å². The minimum atomic E-state index is -0.445. The second-order valence-corrected chi connectivity index (χ2v) is 5.49. The van der Waals surface area contributed by atoms with E-state index >= 15 is 0 Å². The number of amides is 2. The molecular weight excluding hydrogens is 302 g/mol. The average Bonchev–Trinajstić information content (AvgIpc) is 2.61. The first-order valence-corrected chi connectivity index (χ1v) is 7.63. The van der Waals surface area contributed by atoms with Gasteiger partial charge in [-0.1, -0.05) is 48.5 Å². The van der Waals surface area contributed by atoms with Gasteiger partial charge in [0.25, 0.3) is 5.91 Å². The Hall–Kier alpha value is -3.21. The van der Waals surface area contributed by atoms with Crippen molar-refractivity contribution in [3.63, 3.8) is 0 Å².